The molecule has 1 aromatic rings. The normalized spacial score (nSPS) is 9.31. The predicted molar refractivity (Wildman–Crippen MR) is 47.4 cm³/mol. The second-order valence-corrected chi connectivity index (χ2v) is 2.48. The summed E-state index contributed by atoms with van der Waals surface area (Å²) < 4.78 is 0. The summed E-state index contributed by atoms with van der Waals surface area (Å²) in [7, 11) is 0. The summed E-state index contributed by atoms with van der Waals surface area (Å²) in [5.41, 5.74) is 5.36. The number of pyridine rings is 1. The minimum atomic E-state index is -0.678. The van der Waals surface area contributed by atoms with Gasteiger partial charge in [-0.05, 0) is 19.1 Å². The van der Waals surface area contributed by atoms with Gasteiger partial charge in [0.15, 0.2) is 5.78 Å². The van der Waals surface area contributed by atoms with Gasteiger partial charge in [-0.3, -0.25) is 10.1 Å². The lowest BCUT2D eigenvalue weighted by Crippen LogP contribution is -2.19. The molecule has 1 aromatic heterocycles. The van der Waals surface area contributed by atoms with Gasteiger partial charge in [-0.1, -0.05) is 0 Å². The quantitative estimate of drug-likeness (QED) is 0.657. The van der Waals surface area contributed by atoms with Crippen molar-refractivity contribution in [3.05, 3.63) is 23.9 Å². The van der Waals surface area contributed by atoms with Gasteiger partial charge in [0.1, 0.15) is 5.82 Å². The Labute approximate surface area is 75.0 Å². The van der Waals surface area contributed by atoms with Crippen LogP contribution < -0.4 is 11.1 Å². The number of hydrogen-bond donors (Lipinski definition) is 2. The SMILES string of the molecule is CC(=O)c1ccc(NC(N)=O)nc1. The van der Waals surface area contributed by atoms with Crippen LogP contribution in [0.4, 0.5) is 10.6 Å². The van der Waals surface area contributed by atoms with Crippen LogP contribution in [0.2, 0.25) is 0 Å². The summed E-state index contributed by atoms with van der Waals surface area (Å²) in [6.45, 7) is 1.44. The maximum Gasteiger partial charge on any atom is 0.317 e. The Morgan fingerprint density at radius 3 is 2.54 bits per heavy atom. The Kier molecular flexibility index (Phi) is 2.59. The van der Waals surface area contributed by atoms with Crippen LogP contribution in [0.1, 0.15) is 17.3 Å². The maximum absolute atomic E-state index is 10.8. The summed E-state index contributed by atoms with van der Waals surface area (Å²) in [6, 6.07) is 2.41. The Bertz CT molecular complexity index is 332. The Hall–Kier alpha value is -1.91. The molecule has 5 heteroatoms. The molecule has 1 heterocycles. The molecule has 0 saturated heterocycles. The van der Waals surface area contributed by atoms with Crippen molar-refractivity contribution in [1.82, 2.24) is 4.98 Å². The first-order valence-electron chi connectivity index (χ1n) is 3.63. The zero-order valence-electron chi connectivity index (χ0n) is 7.07. The molecule has 3 N–H and O–H groups in total. The molecule has 0 aromatic carbocycles. The van der Waals surface area contributed by atoms with Crippen LogP contribution >= 0.6 is 0 Å². The molecule has 0 aliphatic carbocycles. The van der Waals surface area contributed by atoms with E-state index in [2.05, 4.69) is 10.3 Å². The molecule has 1 rings (SSSR count). The molecule has 0 atom stereocenters. The molecule has 0 bridgehead atoms. The third kappa shape index (κ3) is 2.55. The summed E-state index contributed by atoms with van der Waals surface area (Å²) in [5, 5.41) is 2.29. The summed E-state index contributed by atoms with van der Waals surface area (Å²) >= 11 is 0. The number of carbonyl (C=O) groups is 2. The average Bonchev–Trinajstić information content (AvgIpc) is 2.04. The highest BCUT2D eigenvalue weighted by Crippen LogP contribution is 2.04. The molecule has 2 amide bonds. The van der Waals surface area contributed by atoms with Crippen molar-refractivity contribution >= 4 is 17.6 Å². The van der Waals surface area contributed by atoms with Crippen LogP contribution in [0.15, 0.2) is 18.3 Å². The van der Waals surface area contributed by atoms with E-state index in [0.29, 0.717) is 11.4 Å². The fourth-order valence-electron chi connectivity index (χ4n) is 0.802. The lowest BCUT2D eigenvalue weighted by Gasteiger charge is -2.00. The lowest BCUT2D eigenvalue weighted by atomic mass is 10.2. The van der Waals surface area contributed by atoms with Gasteiger partial charge in [0.2, 0.25) is 0 Å². The average molecular weight is 179 g/mol. The lowest BCUT2D eigenvalue weighted by molar-refractivity contribution is 0.101. The zero-order valence-corrected chi connectivity index (χ0v) is 7.07. The van der Waals surface area contributed by atoms with Crippen LogP contribution in [0.25, 0.3) is 0 Å². The number of primary amides is 1. The van der Waals surface area contributed by atoms with Crippen LogP contribution in [-0.2, 0) is 0 Å². The third-order valence-electron chi connectivity index (χ3n) is 1.42. The van der Waals surface area contributed by atoms with E-state index < -0.39 is 6.03 Å². The van der Waals surface area contributed by atoms with E-state index in [0.717, 1.165) is 0 Å². The highest BCUT2D eigenvalue weighted by Gasteiger charge is 2.00. The highest BCUT2D eigenvalue weighted by molar-refractivity contribution is 5.94. The first-order valence-corrected chi connectivity index (χ1v) is 3.63. The van der Waals surface area contributed by atoms with Crippen molar-refractivity contribution < 1.29 is 9.59 Å². The molecule has 0 unspecified atom stereocenters. The molecule has 68 valence electrons. The van der Waals surface area contributed by atoms with Crippen LogP contribution in [-0.4, -0.2) is 16.8 Å². The highest BCUT2D eigenvalue weighted by atomic mass is 16.2. The summed E-state index contributed by atoms with van der Waals surface area (Å²) in [6.07, 6.45) is 1.38. The minimum absolute atomic E-state index is 0.0712. The van der Waals surface area contributed by atoms with Crippen molar-refractivity contribution in [1.29, 1.82) is 0 Å². The number of Topliss-reactive ketones (excluding diaryl/α,β-unsaturated/α-hetero) is 1. The molecule has 0 saturated carbocycles. The van der Waals surface area contributed by atoms with Gasteiger partial charge in [0.05, 0.1) is 0 Å². The molecule has 0 aliphatic rings. The minimum Gasteiger partial charge on any atom is -0.351 e. The van der Waals surface area contributed by atoms with E-state index in [1.165, 1.54) is 19.2 Å². The summed E-state index contributed by atoms with van der Waals surface area (Å²) in [4.78, 5) is 25.0. The molecule has 0 radical (unpaired) electrons. The zero-order chi connectivity index (χ0) is 9.84. The van der Waals surface area contributed by atoms with Crippen molar-refractivity contribution in [2.45, 2.75) is 6.92 Å². The van der Waals surface area contributed by atoms with Crippen LogP contribution in [0.3, 0.4) is 0 Å². The Balaban J connectivity index is 2.81. The van der Waals surface area contributed by atoms with Gasteiger partial charge >= 0.3 is 6.03 Å². The van der Waals surface area contributed by atoms with E-state index in [4.69, 9.17) is 5.73 Å². The number of carbonyl (C=O) groups excluding carboxylic acids is 2. The van der Waals surface area contributed by atoms with E-state index in [1.54, 1.807) is 6.07 Å². The predicted octanol–water partition coefficient (Wildman–Crippen LogP) is 0.775. The topological polar surface area (TPSA) is 85.1 Å². The molecular formula is C8H9N3O2. The van der Waals surface area contributed by atoms with Gasteiger partial charge in [0, 0.05) is 11.8 Å². The smallest absolute Gasteiger partial charge is 0.317 e. The Morgan fingerprint density at radius 1 is 1.46 bits per heavy atom. The van der Waals surface area contributed by atoms with Crippen LogP contribution in [0, 0.1) is 0 Å². The number of nitrogens with one attached hydrogen (secondary N) is 1. The number of amides is 2. The molecule has 0 aliphatic heterocycles. The summed E-state index contributed by atoms with van der Waals surface area (Å²) in [5.74, 6) is 0.260. The fraction of sp³-hybridized carbons (Fsp3) is 0.125. The van der Waals surface area contributed by atoms with E-state index >= 15 is 0 Å². The number of anilines is 1. The van der Waals surface area contributed by atoms with E-state index in [9.17, 15) is 9.59 Å². The number of nitrogens with zero attached hydrogens (tertiary/aromatic N) is 1. The van der Waals surface area contributed by atoms with Gasteiger partial charge < -0.3 is 5.73 Å². The monoisotopic (exact) mass is 179 g/mol. The molecule has 0 fully saturated rings. The van der Waals surface area contributed by atoms with Gasteiger partial charge in [0.25, 0.3) is 0 Å². The molecule has 13 heavy (non-hydrogen) atoms. The molecule has 5 nitrogen and oxygen atoms in total. The second-order valence-electron chi connectivity index (χ2n) is 2.48. The molecule has 0 spiro atoms. The van der Waals surface area contributed by atoms with Gasteiger partial charge in [-0.15, -0.1) is 0 Å². The third-order valence-corrected chi connectivity index (χ3v) is 1.42. The van der Waals surface area contributed by atoms with Crippen molar-refractivity contribution in [2.75, 3.05) is 5.32 Å². The van der Waals surface area contributed by atoms with Gasteiger partial charge in [-0.2, -0.15) is 0 Å². The maximum atomic E-state index is 10.8. The fourth-order valence-corrected chi connectivity index (χ4v) is 0.802. The first kappa shape index (κ1) is 9.18. The Morgan fingerprint density at radius 2 is 2.15 bits per heavy atom. The number of urea groups is 1. The largest absolute Gasteiger partial charge is 0.351 e. The molecular weight excluding hydrogens is 170 g/mol. The number of nitrogens with two attached hydrogens (primary N) is 1. The van der Waals surface area contributed by atoms with E-state index in [1.807, 2.05) is 0 Å². The first-order chi connectivity index (χ1) is 6.09. The van der Waals surface area contributed by atoms with Crippen molar-refractivity contribution in [2.24, 2.45) is 5.73 Å². The number of aromatic nitrogens is 1. The number of ketones is 1. The van der Waals surface area contributed by atoms with Crippen LogP contribution in [0.5, 0.6) is 0 Å². The van der Waals surface area contributed by atoms with E-state index in [-0.39, 0.29) is 5.78 Å². The number of hydrogen-bond acceptors (Lipinski definition) is 3. The second kappa shape index (κ2) is 3.66. The van der Waals surface area contributed by atoms with Gasteiger partial charge in [-0.25, -0.2) is 9.78 Å². The van der Waals surface area contributed by atoms with Crippen molar-refractivity contribution in [3.63, 3.8) is 0 Å². The number of rotatable bonds is 2. The van der Waals surface area contributed by atoms with Crippen molar-refractivity contribution in [3.8, 4) is 0 Å². The standard InChI is InChI=1S/C8H9N3O2/c1-5(12)6-2-3-7(10-4-6)11-8(9)13/h2-4H,1H3,(H3,9,10,11,13).